The first-order valence-corrected chi connectivity index (χ1v) is 6.36. The molecule has 2 rings (SSSR count). The molecule has 0 radical (unpaired) electrons. The molecule has 0 bridgehead atoms. The number of aryl methyl sites for hydroxylation is 1. The van der Waals surface area contributed by atoms with Gasteiger partial charge in [0.25, 0.3) is 11.2 Å². The zero-order valence-electron chi connectivity index (χ0n) is 10.2. The number of nitro benzene ring substituents is 1. The fourth-order valence-electron chi connectivity index (χ4n) is 1.78. The Morgan fingerprint density at radius 2 is 1.95 bits per heavy atom. The van der Waals surface area contributed by atoms with Crippen LogP contribution in [0.1, 0.15) is 11.1 Å². The van der Waals surface area contributed by atoms with Crippen molar-refractivity contribution in [3.05, 3.63) is 72.6 Å². The van der Waals surface area contributed by atoms with Gasteiger partial charge in [-0.15, -0.1) is 0 Å². The first-order valence-electron chi connectivity index (χ1n) is 5.57. The molecule has 0 N–H and O–H groups in total. The number of hydrogen-bond donors (Lipinski definition) is 0. The number of nitrogens with zero attached hydrogens (tertiary/aromatic N) is 2. The summed E-state index contributed by atoms with van der Waals surface area (Å²) in [6.45, 7) is 2.29. The molecule has 0 aliphatic carbocycles. The molecule has 0 saturated heterocycles. The summed E-state index contributed by atoms with van der Waals surface area (Å²) < 4.78 is 2.08. The number of aromatic nitrogens is 1. The van der Waals surface area contributed by atoms with Crippen LogP contribution in [0, 0.1) is 17.0 Å². The number of rotatable bonds is 3. The summed E-state index contributed by atoms with van der Waals surface area (Å²) >= 11 is 3.22. The monoisotopic (exact) mass is 322 g/mol. The zero-order valence-corrected chi connectivity index (χ0v) is 11.8. The van der Waals surface area contributed by atoms with E-state index in [4.69, 9.17) is 0 Å². The van der Waals surface area contributed by atoms with Crippen LogP contribution in [0.4, 0.5) is 5.69 Å². The largest absolute Gasteiger partial charge is 0.310 e. The van der Waals surface area contributed by atoms with Gasteiger partial charge in [0.05, 0.1) is 15.9 Å². The van der Waals surface area contributed by atoms with Crippen molar-refractivity contribution in [3.8, 4) is 0 Å². The van der Waals surface area contributed by atoms with Gasteiger partial charge in [0.15, 0.2) is 0 Å². The molecule has 0 fully saturated rings. The van der Waals surface area contributed by atoms with E-state index in [0.29, 0.717) is 11.0 Å². The number of pyridine rings is 1. The van der Waals surface area contributed by atoms with E-state index < -0.39 is 4.92 Å². The maximum atomic E-state index is 11.9. The van der Waals surface area contributed by atoms with Gasteiger partial charge in [-0.1, -0.05) is 12.1 Å². The normalized spacial score (nSPS) is 10.4. The second kappa shape index (κ2) is 5.36. The van der Waals surface area contributed by atoms with Gasteiger partial charge < -0.3 is 4.57 Å². The summed E-state index contributed by atoms with van der Waals surface area (Å²) in [5.74, 6) is 0. The Balaban J connectivity index is 2.31. The van der Waals surface area contributed by atoms with Crippen molar-refractivity contribution in [2.75, 3.05) is 0 Å². The fraction of sp³-hybridized carbons (Fsp3) is 0.154. The van der Waals surface area contributed by atoms with E-state index >= 15 is 0 Å². The summed E-state index contributed by atoms with van der Waals surface area (Å²) in [6, 6.07) is 7.94. The number of benzene rings is 1. The Kier molecular flexibility index (Phi) is 3.80. The first kappa shape index (κ1) is 13.5. The van der Waals surface area contributed by atoms with Gasteiger partial charge in [-0.2, -0.15) is 0 Å². The average molecular weight is 323 g/mol. The molecule has 1 aromatic carbocycles. The van der Waals surface area contributed by atoms with Gasteiger partial charge in [-0.05, 0) is 40.0 Å². The summed E-state index contributed by atoms with van der Waals surface area (Å²) in [4.78, 5) is 22.0. The minimum absolute atomic E-state index is 0.0431. The number of hydrogen-bond acceptors (Lipinski definition) is 3. The minimum Gasteiger partial charge on any atom is -0.310 e. The smallest absolute Gasteiger partial charge is 0.269 e. The standard InChI is InChI=1S/C13H11BrN2O3/c1-9-6-12(14)13(17)15(7-9)8-10-2-4-11(5-3-10)16(18)19/h2-7H,8H2,1H3. The predicted molar refractivity (Wildman–Crippen MR) is 75.3 cm³/mol. The van der Waals surface area contributed by atoms with Crippen molar-refractivity contribution in [3.63, 3.8) is 0 Å². The molecule has 1 aromatic heterocycles. The molecule has 98 valence electrons. The van der Waals surface area contributed by atoms with Crippen LogP contribution < -0.4 is 5.56 Å². The maximum Gasteiger partial charge on any atom is 0.269 e. The average Bonchev–Trinajstić information content (AvgIpc) is 2.36. The Labute approximate surface area is 117 Å². The molecule has 0 unspecified atom stereocenters. The molecule has 5 nitrogen and oxygen atoms in total. The van der Waals surface area contributed by atoms with Crippen molar-refractivity contribution in [1.29, 1.82) is 0 Å². The van der Waals surface area contributed by atoms with Crippen molar-refractivity contribution in [1.82, 2.24) is 4.57 Å². The Morgan fingerprint density at radius 1 is 1.32 bits per heavy atom. The molecule has 1 heterocycles. The van der Waals surface area contributed by atoms with Gasteiger partial charge in [0, 0.05) is 18.3 Å². The summed E-state index contributed by atoms with van der Waals surface area (Å²) in [7, 11) is 0. The predicted octanol–water partition coefficient (Wildman–Crippen LogP) is 2.88. The Morgan fingerprint density at radius 3 is 2.53 bits per heavy atom. The number of nitro groups is 1. The van der Waals surface area contributed by atoms with Gasteiger partial charge in [-0.25, -0.2) is 0 Å². The Hall–Kier alpha value is -1.95. The van der Waals surface area contributed by atoms with Crippen molar-refractivity contribution >= 4 is 21.6 Å². The quantitative estimate of drug-likeness (QED) is 0.644. The third-order valence-electron chi connectivity index (χ3n) is 2.68. The molecule has 2 aromatic rings. The van der Waals surface area contributed by atoms with Crippen LogP contribution in [-0.2, 0) is 6.54 Å². The van der Waals surface area contributed by atoms with Crippen LogP contribution in [-0.4, -0.2) is 9.49 Å². The molecule has 0 atom stereocenters. The van der Waals surface area contributed by atoms with Crippen LogP contribution in [0.15, 0.2) is 45.8 Å². The Bertz CT molecular complexity index is 677. The zero-order chi connectivity index (χ0) is 14.0. The highest BCUT2D eigenvalue weighted by atomic mass is 79.9. The van der Waals surface area contributed by atoms with E-state index in [0.717, 1.165) is 11.1 Å². The molecular weight excluding hydrogens is 312 g/mol. The minimum atomic E-state index is -0.445. The molecule has 0 aliphatic heterocycles. The van der Waals surface area contributed by atoms with E-state index in [1.807, 2.05) is 6.92 Å². The highest BCUT2D eigenvalue weighted by Gasteiger charge is 2.06. The number of halogens is 1. The molecule has 6 heteroatoms. The summed E-state index contributed by atoms with van der Waals surface area (Å²) in [5.41, 5.74) is 1.73. The van der Waals surface area contributed by atoms with Gasteiger partial charge in [0.2, 0.25) is 0 Å². The van der Waals surface area contributed by atoms with Crippen LogP contribution >= 0.6 is 15.9 Å². The second-order valence-electron chi connectivity index (χ2n) is 4.22. The first-order chi connectivity index (χ1) is 8.97. The molecule has 0 saturated carbocycles. The molecule has 0 aliphatic rings. The van der Waals surface area contributed by atoms with Gasteiger partial charge in [0.1, 0.15) is 0 Å². The third kappa shape index (κ3) is 3.08. The lowest BCUT2D eigenvalue weighted by molar-refractivity contribution is -0.384. The lowest BCUT2D eigenvalue weighted by atomic mass is 10.2. The van der Waals surface area contributed by atoms with E-state index in [9.17, 15) is 14.9 Å². The lowest BCUT2D eigenvalue weighted by Crippen LogP contribution is -2.21. The maximum absolute atomic E-state index is 11.9. The van der Waals surface area contributed by atoms with Crippen molar-refractivity contribution < 1.29 is 4.92 Å². The molecule has 0 spiro atoms. The van der Waals surface area contributed by atoms with Gasteiger partial charge in [-0.3, -0.25) is 14.9 Å². The van der Waals surface area contributed by atoms with E-state index in [2.05, 4.69) is 15.9 Å². The van der Waals surface area contributed by atoms with E-state index in [-0.39, 0.29) is 11.2 Å². The van der Waals surface area contributed by atoms with Crippen LogP contribution in [0.2, 0.25) is 0 Å². The second-order valence-corrected chi connectivity index (χ2v) is 5.08. The fourth-order valence-corrected chi connectivity index (χ4v) is 2.37. The van der Waals surface area contributed by atoms with E-state index in [1.54, 1.807) is 29.0 Å². The van der Waals surface area contributed by atoms with Crippen LogP contribution in [0.25, 0.3) is 0 Å². The SMILES string of the molecule is Cc1cc(Br)c(=O)n(Cc2ccc([N+](=O)[O-])cc2)c1. The summed E-state index contributed by atoms with van der Waals surface area (Å²) in [5, 5.41) is 10.6. The highest BCUT2D eigenvalue weighted by Crippen LogP contribution is 2.13. The molecular formula is C13H11BrN2O3. The van der Waals surface area contributed by atoms with Crippen molar-refractivity contribution in [2.45, 2.75) is 13.5 Å². The van der Waals surface area contributed by atoms with Crippen LogP contribution in [0.3, 0.4) is 0 Å². The van der Waals surface area contributed by atoms with E-state index in [1.165, 1.54) is 12.1 Å². The number of non-ortho nitro benzene ring substituents is 1. The van der Waals surface area contributed by atoms with Crippen molar-refractivity contribution in [2.24, 2.45) is 0 Å². The van der Waals surface area contributed by atoms with Gasteiger partial charge >= 0.3 is 0 Å². The molecule has 0 amide bonds. The lowest BCUT2D eigenvalue weighted by Gasteiger charge is -2.07. The third-order valence-corrected chi connectivity index (χ3v) is 3.25. The topological polar surface area (TPSA) is 65.1 Å². The molecule has 19 heavy (non-hydrogen) atoms. The highest BCUT2D eigenvalue weighted by molar-refractivity contribution is 9.10. The van der Waals surface area contributed by atoms with Crippen LogP contribution in [0.5, 0.6) is 0 Å². The summed E-state index contributed by atoms with van der Waals surface area (Å²) in [6.07, 6.45) is 1.76.